The number of aromatic amines is 1. The monoisotopic (exact) mass is 382 g/mol. The van der Waals surface area contributed by atoms with Gasteiger partial charge in [0.2, 0.25) is 0 Å². The first-order valence-electron chi connectivity index (χ1n) is 9.41. The molecule has 0 saturated heterocycles. The zero-order valence-electron chi connectivity index (χ0n) is 15.5. The lowest BCUT2D eigenvalue weighted by atomic mass is 9.98. The number of hydrazone groups is 1. The minimum Gasteiger partial charge on any atom is -0.508 e. The van der Waals surface area contributed by atoms with Gasteiger partial charge in [0.15, 0.2) is 0 Å². The fourth-order valence-corrected chi connectivity index (χ4v) is 3.83. The number of amides is 1. The largest absolute Gasteiger partial charge is 0.508 e. The number of hydrogen-bond donors (Lipinski definition) is 3. The third-order valence-electron chi connectivity index (χ3n) is 5.25. The lowest BCUT2D eigenvalue weighted by Crippen LogP contribution is -2.17. The molecule has 142 valence electrons. The van der Waals surface area contributed by atoms with E-state index in [1.807, 2.05) is 0 Å². The van der Waals surface area contributed by atoms with Gasteiger partial charge in [-0.2, -0.15) is 10.2 Å². The fraction of sp³-hybridized carbons (Fsp3) is 0.0870. The van der Waals surface area contributed by atoms with Gasteiger partial charge < -0.3 is 5.11 Å². The van der Waals surface area contributed by atoms with E-state index in [1.165, 1.54) is 28.1 Å². The van der Waals surface area contributed by atoms with E-state index >= 15 is 0 Å². The van der Waals surface area contributed by atoms with Crippen molar-refractivity contribution in [2.75, 3.05) is 0 Å². The van der Waals surface area contributed by atoms with Crippen LogP contribution in [0.15, 0.2) is 65.8 Å². The molecule has 0 unspecified atom stereocenters. The predicted octanol–water partition coefficient (Wildman–Crippen LogP) is 3.80. The van der Waals surface area contributed by atoms with Gasteiger partial charge in [0.1, 0.15) is 11.4 Å². The van der Waals surface area contributed by atoms with Gasteiger partial charge in [-0.3, -0.25) is 9.89 Å². The van der Waals surface area contributed by atoms with Gasteiger partial charge in [0.25, 0.3) is 5.91 Å². The maximum Gasteiger partial charge on any atom is 0.289 e. The highest BCUT2D eigenvalue weighted by molar-refractivity contribution is 6.02. The molecule has 4 aromatic rings. The Morgan fingerprint density at radius 2 is 1.86 bits per heavy atom. The first-order valence-corrected chi connectivity index (χ1v) is 9.41. The Bertz CT molecular complexity index is 1250. The first kappa shape index (κ1) is 17.2. The van der Waals surface area contributed by atoms with E-state index in [1.54, 1.807) is 30.3 Å². The second-order valence-electron chi connectivity index (χ2n) is 7.07. The summed E-state index contributed by atoms with van der Waals surface area (Å²) in [5.41, 5.74) is 8.08. The maximum atomic E-state index is 12.4. The lowest BCUT2D eigenvalue weighted by molar-refractivity contribution is 0.0950. The zero-order valence-corrected chi connectivity index (χ0v) is 15.5. The van der Waals surface area contributed by atoms with Gasteiger partial charge >= 0.3 is 0 Å². The lowest BCUT2D eigenvalue weighted by Gasteiger charge is -2.06. The number of phenols is 1. The number of nitrogens with zero attached hydrogens (tertiary/aromatic N) is 2. The minimum absolute atomic E-state index is 0.180. The molecule has 0 bridgehead atoms. The molecule has 1 amide bonds. The van der Waals surface area contributed by atoms with Crippen LogP contribution >= 0.6 is 0 Å². The number of rotatable bonds is 4. The second-order valence-corrected chi connectivity index (χ2v) is 7.07. The average Bonchev–Trinajstić information content (AvgIpc) is 3.39. The Labute approximate surface area is 166 Å². The Kier molecular flexibility index (Phi) is 4.09. The maximum absolute atomic E-state index is 12.4. The van der Waals surface area contributed by atoms with Crippen molar-refractivity contribution < 1.29 is 9.90 Å². The Morgan fingerprint density at radius 3 is 2.69 bits per heavy atom. The van der Waals surface area contributed by atoms with E-state index in [2.05, 4.69) is 51.1 Å². The van der Waals surface area contributed by atoms with Crippen molar-refractivity contribution in [3.63, 3.8) is 0 Å². The number of phenolic OH excluding ortho intramolecular Hbond substituents is 1. The number of aromatic nitrogens is 2. The molecule has 0 aliphatic heterocycles. The minimum atomic E-state index is -0.371. The SMILES string of the molecule is O=C(NN=Cc1ccc(O)cc1)c1cc(-c2ccc3c4c(cccc24)CC3)n[nH]1. The third kappa shape index (κ3) is 3.14. The number of aromatic hydroxyl groups is 1. The molecule has 0 radical (unpaired) electrons. The summed E-state index contributed by atoms with van der Waals surface area (Å²) < 4.78 is 0. The van der Waals surface area contributed by atoms with Crippen molar-refractivity contribution >= 4 is 22.9 Å². The molecule has 29 heavy (non-hydrogen) atoms. The molecule has 6 nitrogen and oxygen atoms in total. The second kappa shape index (κ2) is 6.91. The van der Waals surface area contributed by atoms with Gasteiger partial charge in [-0.05, 0) is 70.6 Å². The van der Waals surface area contributed by atoms with Gasteiger partial charge in [0.05, 0.1) is 11.9 Å². The molecule has 6 heteroatoms. The van der Waals surface area contributed by atoms with Crippen LogP contribution in [0.4, 0.5) is 0 Å². The summed E-state index contributed by atoms with van der Waals surface area (Å²) in [7, 11) is 0. The van der Waals surface area contributed by atoms with Crippen LogP contribution in [0.1, 0.15) is 27.2 Å². The quantitative estimate of drug-likeness (QED) is 0.370. The molecule has 0 atom stereocenters. The number of carbonyl (C=O) groups excluding carboxylic acids is 1. The van der Waals surface area contributed by atoms with Crippen molar-refractivity contribution in [3.8, 4) is 17.0 Å². The average molecular weight is 382 g/mol. The van der Waals surface area contributed by atoms with Crippen LogP contribution < -0.4 is 5.43 Å². The summed E-state index contributed by atoms with van der Waals surface area (Å²) in [6.45, 7) is 0. The summed E-state index contributed by atoms with van der Waals surface area (Å²) >= 11 is 0. The van der Waals surface area contributed by atoms with Gasteiger partial charge in [-0.15, -0.1) is 0 Å². The number of nitrogens with one attached hydrogen (secondary N) is 2. The summed E-state index contributed by atoms with van der Waals surface area (Å²) in [6, 6.07) is 18.9. The molecule has 5 rings (SSSR count). The van der Waals surface area contributed by atoms with Crippen molar-refractivity contribution in [1.82, 2.24) is 15.6 Å². The molecule has 0 spiro atoms. The van der Waals surface area contributed by atoms with Crippen LogP contribution in [0.2, 0.25) is 0 Å². The Hall–Kier alpha value is -3.93. The molecule has 0 fully saturated rings. The van der Waals surface area contributed by atoms with Gasteiger partial charge in [0, 0.05) is 5.56 Å². The molecular weight excluding hydrogens is 364 g/mol. The summed E-state index contributed by atoms with van der Waals surface area (Å²) in [6.07, 6.45) is 3.66. The van der Waals surface area contributed by atoms with Crippen molar-refractivity contribution in [2.24, 2.45) is 5.10 Å². The molecule has 3 aromatic carbocycles. The van der Waals surface area contributed by atoms with E-state index in [4.69, 9.17) is 0 Å². The highest BCUT2D eigenvalue weighted by atomic mass is 16.3. The molecule has 1 aliphatic carbocycles. The van der Waals surface area contributed by atoms with Crippen LogP contribution in [-0.4, -0.2) is 27.4 Å². The van der Waals surface area contributed by atoms with Crippen LogP contribution in [0.5, 0.6) is 5.75 Å². The summed E-state index contributed by atoms with van der Waals surface area (Å²) in [5.74, 6) is -0.191. The Morgan fingerprint density at radius 1 is 1.07 bits per heavy atom. The van der Waals surface area contributed by atoms with Gasteiger partial charge in [-0.1, -0.05) is 30.3 Å². The van der Waals surface area contributed by atoms with Crippen LogP contribution in [0, 0.1) is 0 Å². The summed E-state index contributed by atoms with van der Waals surface area (Å²) in [4.78, 5) is 12.4. The number of H-pyrrole nitrogens is 1. The number of aryl methyl sites for hydroxylation is 2. The fourth-order valence-electron chi connectivity index (χ4n) is 3.83. The number of benzene rings is 3. The van der Waals surface area contributed by atoms with Gasteiger partial charge in [-0.25, -0.2) is 5.43 Å². The highest BCUT2D eigenvalue weighted by Gasteiger charge is 2.18. The highest BCUT2D eigenvalue weighted by Crippen LogP contribution is 2.36. The zero-order chi connectivity index (χ0) is 19.8. The van der Waals surface area contributed by atoms with Crippen molar-refractivity contribution in [3.05, 3.63) is 83.0 Å². The summed E-state index contributed by atoms with van der Waals surface area (Å²) in [5, 5.41) is 22.9. The van der Waals surface area contributed by atoms with Crippen molar-refractivity contribution in [2.45, 2.75) is 12.8 Å². The standard InChI is InChI=1S/C23H18N4O2/c28-17-9-4-14(5-10-17)13-24-27-23(29)21-12-20(25-26-21)18-11-8-16-7-6-15-2-1-3-19(18)22(15)16/h1-5,8-13,28H,6-7H2,(H,25,26)(H,27,29). The topological polar surface area (TPSA) is 90.4 Å². The number of hydrogen-bond acceptors (Lipinski definition) is 4. The molecule has 1 aromatic heterocycles. The normalized spacial score (nSPS) is 12.7. The molecule has 3 N–H and O–H groups in total. The van der Waals surface area contributed by atoms with Crippen LogP contribution in [0.25, 0.3) is 22.0 Å². The molecule has 1 heterocycles. The third-order valence-corrected chi connectivity index (χ3v) is 5.25. The molecule has 1 aliphatic rings. The predicted molar refractivity (Wildman–Crippen MR) is 112 cm³/mol. The number of carbonyl (C=O) groups is 1. The Balaban J connectivity index is 1.38. The molecule has 0 saturated carbocycles. The van der Waals surface area contributed by atoms with E-state index in [0.29, 0.717) is 5.69 Å². The van der Waals surface area contributed by atoms with Crippen molar-refractivity contribution in [1.29, 1.82) is 0 Å². The van der Waals surface area contributed by atoms with Crippen LogP contribution in [0.3, 0.4) is 0 Å². The van der Waals surface area contributed by atoms with Crippen LogP contribution in [-0.2, 0) is 12.8 Å². The van der Waals surface area contributed by atoms with E-state index < -0.39 is 0 Å². The smallest absolute Gasteiger partial charge is 0.289 e. The van der Waals surface area contributed by atoms with E-state index in [0.717, 1.165) is 29.7 Å². The molecular formula is C23H18N4O2. The van der Waals surface area contributed by atoms with E-state index in [9.17, 15) is 9.90 Å². The van der Waals surface area contributed by atoms with E-state index in [-0.39, 0.29) is 11.7 Å². The first-order chi connectivity index (χ1) is 14.2.